The molecule has 0 heterocycles. The maximum Gasteiger partial charge on any atom is 0.255 e. The van der Waals surface area contributed by atoms with Gasteiger partial charge < -0.3 is 15.7 Å². The van der Waals surface area contributed by atoms with Crippen molar-refractivity contribution >= 4 is 23.2 Å². The van der Waals surface area contributed by atoms with Crippen molar-refractivity contribution < 1.29 is 14.7 Å². The Hall–Kier alpha value is -3.60. The molecule has 124 valence electrons. The second-order valence-electron chi connectivity index (χ2n) is 5.37. The Kier molecular flexibility index (Phi) is 4.76. The van der Waals surface area contributed by atoms with Crippen LogP contribution in [-0.4, -0.2) is 16.9 Å². The highest BCUT2D eigenvalue weighted by Gasteiger charge is 2.11. The zero-order valence-electron chi connectivity index (χ0n) is 13.3. The highest BCUT2D eigenvalue weighted by atomic mass is 16.3. The fourth-order valence-electron chi connectivity index (χ4n) is 2.29. The summed E-state index contributed by atoms with van der Waals surface area (Å²) in [6, 6.07) is 21.9. The van der Waals surface area contributed by atoms with Crippen LogP contribution in [0.5, 0.6) is 5.75 Å². The number of rotatable bonds is 4. The summed E-state index contributed by atoms with van der Waals surface area (Å²) >= 11 is 0. The number of hydrogen-bond donors (Lipinski definition) is 3. The van der Waals surface area contributed by atoms with Crippen LogP contribution in [0.25, 0.3) is 0 Å². The largest absolute Gasteiger partial charge is 0.506 e. The van der Waals surface area contributed by atoms with Gasteiger partial charge in [0.1, 0.15) is 5.75 Å². The van der Waals surface area contributed by atoms with E-state index in [0.717, 1.165) is 0 Å². The summed E-state index contributed by atoms with van der Waals surface area (Å²) in [5.41, 5.74) is 1.68. The van der Waals surface area contributed by atoms with E-state index in [1.54, 1.807) is 54.6 Å². The number of carbonyl (C=O) groups is 2. The van der Waals surface area contributed by atoms with Crippen molar-refractivity contribution in [3.8, 4) is 5.75 Å². The predicted molar refractivity (Wildman–Crippen MR) is 96.9 cm³/mol. The second kappa shape index (κ2) is 7.31. The Morgan fingerprint density at radius 2 is 1.20 bits per heavy atom. The van der Waals surface area contributed by atoms with Gasteiger partial charge in [-0.2, -0.15) is 0 Å². The van der Waals surface area contributed by atoms with Crippen molar-refractivity contribution in [2.45, 2.75) is 0 Å². The fraction of sp³-hybridized carbons (Fsp3) is 0. The smallest absolute Gasteiger partial charge is 0.255 e. The Morgan fingerprint density at radius 1 is 0.680 bits per heavy atom. The molecular weight excluding hydrogens is 316 g/mol. The van der Waals surface area contributed by atoms with E-state index >= 15 is 0 Å². The van der Waals surface area contributed by atoms with Crippen molar-refractivity contribution in [2.75, 3.05) is 10.6 Å². The Labute approximate surface area is 144 Å². The lowest BCUT2D eigenvalue weighted by Crippen LogP contribution is -2.14. The highest BCUT2D eigenvalue weighted by molar-refractivity contribution is 6.07. The molecule has 25 heavy (non-hydrogen) atoms. The van der Waals surface area contributed by atoms with Gasteiger partial charge in [-0.25, -0.2) is 0 Å². The van der Waals surface area contributed by atoms with Crippen LogP contribution in [0, 0.1) is 0 Å². The molecule has 0 radical (unpaired) electrons. The standard InChI is InChI=1S/C20H16N2O3/c23-18-12-11-16(21-19(24)14-7-3-1-4-8-14)13-17(18)22-20(25)15-9-5-2-6-10-15/h1-13,23H,(H,21,24)(H,22,25). The van der Waals surface area contributed by atoms with Crippen molar-refractivity contribution in [3.05, 3.63) is 90.0 Å². The summed E-state index contributed by atoms with van der Waals surface area (Å²) < 4.78 is 0. The van der Waals surface area contributed by atoms with Crippen LogP contribution >= 0.6 is 0 Å². The number of nitrogens with one attached hydrogen (secondary N) is 2. The number of anilines is 2. The lowest BCUT2D eigenvalue weighted by molar-refractivity contribution is 0.101. The molecule has 5 heteroatoms. The maximum absolute atomic E-state index is 12.2. The quantitative estimate of drug-likeness (QED) is 0.501. The molecule has 0 bridgehead atoms. The predicted octanol–water partition coefficient (Wildman–Crippen LogP) is 3.90. The van der Waals surface area contributed by atoms with Crippen LogP contribution < -0.4 is 10.6 Å². The van der Waals surface area contributed by atoms with Gasteiger partial charge in [-0.3, -0.25) is 9.59 Å². The van der Waals surface area contributed by atoms with Crippen LogP contribution in [0.4, 0.5) is 11.4 Å². The topological polar surface area (TPSA) is 78.4 Å². The van der Waals surface area contributed by atoms with Crippen molar-refractivity contribution in [2.24, 2.45) is 0 Å². The molecule has 0 aromatic heterocycles. The molecule has 0 aliphatic carbocycles. The average molecular weight is 332 g/mol. The lowest BCUT2D eigenvalue weighted by Gasteiger charge is -2.11. The molecule has 3 N–H and O–H groups in total. The van der Waals surface area contributed by atoms with Crippen molar-refractivity contribution in [3.63, 3.8) is 0 Å². The lowest BCUT2D eigenvalue weighted by atomic mass is 10.2. The Morgan fingerprint density at radius 3 is 1.76 bits per heavy atom. The number of phenols is 1. The molecule has 0 fully saturated rings. The SMILES string of the molecule is O=C(Nc1ccc(O)c(NC(=O)c2ccccc2)c1)c1ccccc1. The monoisotopic (exact) mass is 332 g/mol. The summed E-state index contributed by atoms with van der Waals surface area (Å²) in [5, 5.41) is 15.3. The summed E-state index contributed by atoms with van der Waals surface area (Å²) in [7, 11) is 0. The van der Waals surface area contributed by atoms with Crippen LogP contribution in [0.15, 0.2) is 78.9 Å². The molecule has 2 amide bonds. The third-order valence-electron chi connectivity index (χ3n) is 3.57. The third kappa shape index (κ3) is 4.03. The van der Waals surface area contributed by atoms with Crippen LogP contribution in [0.3, 0.4) is 0 Å². The van der Waals surface area contributed by atoms with Gasteiger partial charge in [-0.1, -0.05) is 36.4 Å². The van der Waals surface area contributed by atoms with E-state index in [2.05, 4.69) is 10.6 Å². The van der Waals surface area contributed by atoms with E-state index < -0.39 is 0 Å². The maximum atomic E-state index is 12.2. The van der Waals surface area contributed by atoms with Gasteiger partial charge in [-0.15, -0.1) is 0 Å². The summed E-state index contributed by atoms with van der Waals surface area (Å²) in [5.74, 6) is -0.698. The van der Waals surface area contributed by atoms with Crippen LogP contribution in [0.1, 0.15) is 20.7 Å². The normalized spacial score (nSPS) is 10.1. The summed E-state index contributed by atoms with van der Waals surface area (Å²) in [6.45, 7) is 0. The summed E-state index contributed by atoms with van der Waals surface area (Å²) in [6.07, 6.45) is 0. The van der Waals surface area contributed by atoms with E-state index in [9.17, 15) is 14.7 Å². The zero-order valence-corrected chi connectivity index (χ0v) is 13.3. The number of phenolic OH excluding ortho intramolecular Hbond substituents is 1. The minimum atomic E-state index is -0.345. The molecule has 0 spiro atoms. The van der Waals surface area contributed by atoms with Crippen LogP contribution in [0.2, 0.25) is 0 Å². The molecular formula is C20H16N2O3. The third-order valence-corrected chi connectivity index (χ3v) is 3.57. The van der Waals surface area contributed by atoms with Crippen molar-refractivity contribution in [1.29, 1.82) is 0 Å². The average Bonchev–Trinajstić information content (AvgIpc) is 2.66. The minimum Gasteiger partial charge on any atom is -0.506 e. The molecule has 0 atom stereocenters. The first kappa shape index (κ1) is 16.3. The molecule has 0 aliphatic rings. The zero-order chi connectivity index (χ0) is 17.6. The van der Waals surface area contributed by atoms with Gasteiger partial charge in [-0.05, 0) is 42.5 Å². The molecule has 3 aromatic carbocycles. The number of carbonyl (C=O) groups excluding carboxylic acids is 2. The Balaban J connectivity index is 1.76. The first-order valence-corrected chi connectivity index (χ1v) is 7.69. The van der Waals surface area contributed by atoms with E-state index in [1.165, 1.54) is 12.1 Å². The number of aromatic hydroxyl groups is 1. The van der Waals surface area contributed by atoms with Gasteiger partial charge >= 0.3 is 0 Å². The van der Waals surface area contributed by atoms with Crippen LogP contribution in [-0.2, 0) is 0 Å². The first-order valence-electron chi connectivity index (χ1n) is 7.69. The number of hydrogen-bond acceptors (Lipinski definition) is 3. The molecule has 5 nitrogen and oxygen atoms in total. The second-order valence-corrected chi connectivity index (χ2v) is 5.37. The molecule has 0 saturated carbocycles. The van der Waals surface area contributed by atoms with E-state index in [4.69, 9.17) is 0 Å². The molecule has 0 saturated heterocycles. The Bertz CT molecular complexity index is 893. The van der Waals surface area contributed by atoms with Gasteiger partial charge in [0, 0.05) is 16.8 Å². The molecule has 0 aliphatic heterocycles. The summed E-state index contributed by atoms with van der Waals surface area (Å²) in [4.78, 5) is 24.4. The first-order chi connectivity index (χ1) is 12.1. The minimum absolute atomic E-state index is 0.0815. The van der Waals surface area contributed by atoms with Gasteiger partial charge in [0.2, 0.25) is 0 Å². The molecule has 3 rings (SSSR count). The van der Waals surface area contributed by atoms with Gasteiger partial charge in [0.25, 0.3) is 11.8 Å². The van der Waals surface area contributed by atoms with E-state index in [1.807, 2.05) is 12.1 Å². The fourth-order valence-corrected chi connectivity index (χ4v) is 2.29. The highest BCUT2D eigenvalue weighted by Crippen LogP contribution is 2.27. The van der Waals surface area contributed by atoms with Gasteiger partial charge in [0.05, 0.1) is 5.69 Å². The molecule has 3 aromatic rings. The van der Waals surface area contributed by atoms with Crippen molar-refractivity contribution in [1.82, 2.24) is 0 Å². The van der Waals surface area contributed by atoms with E-state index in [-0.39, 0.29) is 23.3 Å². The molecule has 0 unspecified atom stereocenters. The number of amides is 2. The van der Waals surface area contributed by atoms with Gasteiger partial charge in [0.15, 0.2) is 0 Å². The number of benzene rings is 3. The van der Waals surface area contributed by atoms with E-state index in [0.29, 0.717) is 16.8 Å².